The van der Waals surface area contributed by atoms with Gasteiger partial charge in [0.15, 0.2) is 0 Å². The van der Waals surface area contributed by atoms with Crippen LogP contribution in [0.3, 0.4) is 0 Å². The molecule has 11 aromatic rings. The van der Waals surface area contributed by atoms with Crippen molar-refractivity contribution < 1.29 is 30.3 Å². The molecule has 78 heavy (non-hydrogen) atoms. The Hall–Kier alpha value is -7.91. The van der Waals surface area contributed by atoms with E-state index in [0.29, 0.717) is 33.7 Å². The molecular formula is C73H66N3OPt-. The Labute approximate surface area is 480 Å². The van der Waals surface area contributed by atoms with Gasteiger partial charge in [0.05, 0.1) is 22.3 Å². The van der Waals surface area contributed by atoms with Crippen molar-refractivity contribution in [1.82, 2.24) is 14.5 Å². The van der Waals surface area contributed by atoms with Crippen LogP contribution in [0, 0.1) is 12.9 Å². The van der Waals surface area contributed by atoms with Crippen LogP contribution in [0.5, 0.6) is 5.75 Å². The van der Waals surface area contributed by atoms with E-state index in [1.807, 2.05) is 66.9 Å². The molecule has 0 bridgehead atoms. The molecule has 0 fully saturated rings. The Morgan fingerprint density at radius 1 is 0.449 bits per heavy atom. The zero-order valence-corrected chi connectivity index (χ0v) is 48.1. The van der Waals surface area contributed by atoms with Gasteiger partial charge in [0.2, 0.25) is 0 Å². The second-order valence-corrected chi connectivity index (χ2v) is 23.4. The minimum absolute atomic E-state index is 0. The second kappa shape index (κ2) is 21.1. The Morgan fingerprint density at radius 3 is 1.60 bits per heavy atom. The molecule has 2 aromatic heterocycles. The molecule has 9 aromatic carbocycles. The van der Waals surface area contributed by atoms with E-state index in [0.717, 1.165) is 83.5 Å². The van der Waals surface area contributed by atoms with Crippen molar-refractivity contribution in [3.63, 3.8) is 0 Å². The van der Waals surface area contributed by atoms with E-state index in [4.69, 9.17) is 14.1 Å². The van der Waals surface area contributed by atoms with Crippen molar-refractivity contribution in [1.29, 1.82) is 0 Å². The average Bonchev–Trinajstić information content (AvgIpc) is 3.00. The van der Waals surface area contributed by atoms with E-state index >= 15 is 0 Å². The summed E-state index contributed by atoms with van der Waals surface area (Å²) in [7, 11) is 0. The third-order valence-corrected chi connectivity index (χ3v) is 14.9. The largest absolute Gasteiger partial charge is 0.507 e. The Bertz CT molecular complexity index is 4070. The molecule has 0 saturated heterocycles. The fourth-order valence-corrected chi connectivity index (χ4v) is 10.5. The molecule has 4 nitrogen and oxygen atoms in total. The molecule has 5 heteroatoms. The van der Waals surface area contributed by atoms with Crippen LogP contribution in [0.2, 0.25) is 0 Å². The molecular weight excluding hydrogens is 1130 g/mol. The summed E-state index contributed by atoms with van der Waals surface area (Å²) >= 11 is 0. The number of pyridine rings is 1. The summed E-state index contributed by atoms with van der Waals surface area (Å²) < 4.78 is 29.2. The van der Waals surface area contributed by atoms with Gasteiger partial charge >= 0.3 is 0 Å². The Balaban J connectivity index is 0.00000736. The first kappa shape index (κ1) is 49.6. The number of nitrogens with zero attached hydrogens (tertiary/aromatic N) is 3. The molecule has 1 N–H and O–H groups in total. The van der Waals surface area contributed by atoms with Gasteiger partial charge in [-0.15, -0.1) is 23.8 Å². The molecule has 0 amide bonds. The maximum absolute atomic E-state index is 12.9. The van der Waals surface area contributed by atoms with Gasteiger partial charge in [0.1, 0.15) is 11.6 Å². The van der Waals surface area contributed by atoms with E-state index in [2.05, 4.69) is 219 Å². The van der Waals surface area contributed by atoms with Gasteiger partial charge in [-0.1, -0.05) is 243 Å². The van der Waals surface area contributed by atoms with Crippen LogP contribution in [-0.4, -0.2) is 19.6 Å². The molecule has 0 aliphatic carbocycles. The van der Waals surface area contributed by atoms with E-state index in [9.17, 15) is 5.11 Å². The van der Waals surface area contributed by atoms with E-state index in [-0.39, 0.29) is 43.2 Å². The average molecular weight is 1200 g/mol. The van der Waals surface area contributed by atoms with E-state index < -0.39 is 12.3 Å². The molecule has 0 aliphatic rings. The third-order valence-electron chi connectivity index (χ3n) is 14.9. The summed E-state index contributed by atoms with van der Waals surface area (Å²) in [6, 6.07) is 74.3. The number of imidazole rings is 1. The number of aromatic hydroxyl groups is 1. The Kier molecular flexibility index (Phi) is 13.5. The summed E-state index contributed by atoms with van der Waals surface area (Å²) in [4.78, 5) is 10.7. The summed E-state index contributed by atoms with van der Waals surface area (Å²) in [5.74, 6) is 0.657. The Morgan fingerprint density at radius 2 is 1.00 bits per heavy atom. The number of fused-ring (bicyclic) bond motifs is 1. The number of phenolic OH excluding ortho intramolecular Hbond substituents is 1. The number of para-hydroxylation sites is 1. The summed E-state index contributed by atoms with van der Waals surface area (Å²) in [5.41, 5.74) is 17.7. The van der Waals surface area contributed by atoms with Crippen LogP contribution in [0.25, 0.3) is 106 Å². The molecule has 0 radical (unpaired) electrons. The minimum atomic E-state index is -2.46. The molecule has 2 heterocycles. The molecule has 390 valence electrons. The van der Waals surface area contributed by atoms with Gasteiger partial charge in [0.25, 0.3) is 0 Å². The molecule has 0 saturated carbocycles. The van der Waals surface area contributed by atoms with Gasteiger partial charge in [-0.05, 0) is 115 Å². The topological polar surface area (TPSA) is 50.9 Å². The minimum Gasteiger partial charge on any atom is -0.507 e. The van der Waals surface area contributed by atoms with Gasteiger partial charge in [0, 0.05) is 48.2 Å². The number of rotatable bonds is 9. The van der Waals surface area contributed by atoms with Crippen LogP contribution >= 0.6 is 0 Å². The summed E-state index contributed by atoms with van der Waals surface area (Å²) in [5, 5.41) is 12.9. The van der Waals surface area contributed by atoms with Crippen molar-refractivity contribution in [2.75, 3.05) is 0 Å². The maximum Gasteiger partial charge on any atom is 0.148 e. The van der Waals surface area contributed by atoms with Crippen molar-refractivity contribution in [3.8, 4) is 101 Å². The number of benzene rings is 9. The van der Waals surface area contributed by atoms with Gasteiger partial charge in [-0.2, -0.15) is 0 Å². The number of aromatic nitrogens is 3. The molecule has 0 aliphatic heterocycles. The normalized spacial score (nSPS) is 12.7. The predicted octanol–water partition coefficient (Wildman–Crippen LogP) is 19.5. The quantitative estimate of drug-likeness (QED) is 0.147. The smallest absolute Gasteiger partial charge is 0.148 e. The molecule has 11 rings (SSSR count). The van der Waals surface area contributed by atoms with Crippen molar-refractivity contribution in [2.45, 2.75) is 85.4 Å². The second-order valence-electron chi connectivity index (χ2n) is 23.4. The zero-order chi connectivity index (χ0) is 56.3. The van der Waals surface area contributed by atoms with Crippen molar-refractivity contribution >= 4 is 11.0 Å². The van der Waals surface area contributed by atoms with Crippen LogP contribution in [-0.2, 0) is 37.3 Å². The van der Waals surface area contributed by atoms with Gasteiger partial charge < -0.3 is 5.11 Å². The first-order chi connectivity index (χ1) is 38.1. The van der Waals surface area contributed by atoms with Crippen molar-refractivity contribution in [2.24, 2.45) is 0 Å². The summed E-state index contributed by atoms with van der Waals surface area (Å²) in [6.45, 7) is 17.0. The maximum atomic E-state index is 12.9. The molecule has 0 unspecified atom stereocenters. The van der Waals surface area contributed by atoms with Crippen LogP contribution in [0.1, 0.15) is 88.7 Å². The van der Waals surface area contributed by atoms with Crippen LogP contribution in [0.15, 0.2) is 212 Å². The standard InChI is InChI=1S/C73H66N3O.Pt/c1-47-39-62(53-33-35-58(36-34-53)71(2,3)4)67(46-61(47)52-25-18-13-19-26-52)76-66-28-20-27-60(68(66)75-70(76)63-44-59(72(5,6)7)45-64(69(63)77)73(8,9)10)56-40-55(49-23-16-12-17-24-49)41-57(42-56)65-43-54(37-38-74-65)51-31-29-50(30-32-51)48-21-14-11-15-22-48;/h11-41,43-46,77H,1-10H3;/q-1;/i1D3;. The van der Waals surface area contributed by atoms with Gasteiger partial charge in [-0.3, -0.25) is 9.55 Å². The number of hydrogen-bond donors (Lipinski definition) is 1. The number of aryl methyl sites for hydroxylation is 1. The zero-order valence-electron chi connectivity index (χ0n) is 48.8. The van der Waals surface area contributed by atoms with Crippen molar-refractivity contribution in [3.05, 3.63) is 241 Å². The third kappa shape index (κ3) is 10.6. The SMILES string of the molecule is [2H]C([2H])([2H])c1cc(-c2ccc(C(C)(C)C)cc2)c(-n2c(-c3cc(C(C)(C)C)cc(C(C)(C)C)c3O)nc3c(-c4[c-]c(-c5cc(-c6ccc(-c7ccccc7)cc6)ccn5)cc(-c5ccccc5)c4)cccc32)cc1-c1ccccc1.[Pt]. The molecule has 0 atom stereocenters. The van der Waals surface area contributed by atoms with E-state index in [1.54, 1.807) is 0 Å². The first-order valence-electron chi connectivity index (χ1n) is 28.1. The molecule has 0 spiro atoms. The van der Waals surface area contributed by atoms with Crippen LogP contribution < -0.4 is 0 Å². The fourth-order valence-electron chi connectivity index (χ4n) is 10.5. The van der Waals surface area contributed by atoms with Gasteiger partial charge in [-0.25, -0.2) is 4.98 Å². The number of phenols is 1. The number of hydrogen-bond acceptors (Lipinski definition) is 3. The fraction of sp³-hybridized carbons (Fsp3) is 0.178. The predicted molar refractivity (Wildman–Crippen MR) is 324 cm³/mol. The summed E-state index contributed by atoms with van der Waals surface area (Å²) in [6.07, 6.45) is 1.87. The monoisotopic (exact) mass is 1200 g/mol. The van der Waals surface area contributed by atoms with E-state index in [1.165, 1.54) is 5.56 Å². The van der Waals surface area contributed by atoms with Crippen LogP contribution in [0.4, 0.5) is 0 Å². The first-order valence-corrected chi connectivity index (χ1v) is 26.6.